The molecule has 0 bridgehead atoms. The molecule has 9 heteroatoms. The van der Waals surface area contributed by atoms with Crippen LogP contribution in [0.4, 0.5) is 11.4 Å². The van der Waals surface area contributed by atoms with Crippen LogP contribution in [0, 0.1) is 16.0 Å². The number of hydrogen-bond donors (Lipinski definition) is 2. The first-order valence-corrected chi connectivity index (χ1v) is 10.4. The molecule has 0 amide bonds. The lowest BCUT2D eigenvalue weighted by atomic mass is 9.79. The van der Waals surface area contributed by atoms with Gasteiger partial charge in [0.25, 0.3) is 5.69 Å². The van der Waals surface area contributed by atoms with Gasteiger partial charge in [-0.3, -0.25) is 10.1 Å². The molecule has 152 valence electrons. The lowest BCUT2D eigenvalue weighted by molar-refractivity contribution is -0.387. The molecule has 5 atom stereocenters. The highest BCUT2D eigenvalue weighted by atomic mass is 35.5. The van der Waals surface area contributed by atoms with Gasteiger partial charge in [-0.25, -0.2) is 4.79 Å². The third-order valence-corrected chi connectivity index (χ3v) is 7.75. The minimum atomic E-state index is -0.947. The van der Waals surface area contributed by atoms with Gasteiger partial charge in [0, 0.05) is 17.2 Å². The summed E-state index contributed by atoms with van der Waals surface area (Å²) in [5.74, 6) is -0.790. The SMILES string of the molecule is COc1cccc2c1NC(C(=O)O)C1CC(Sc3ccccc3[N+](=O)[O-])C(Cl)C21. The van der Waals surface area contributed by atoms with E-state index in [0.29, 0.717) is 22.8 Å². The third-order valence-electron chi connectivity index (χ3n) is 5.64. The Morgan fingerprint density at radius 1 is 1.31 bits per heavy atom. The number of nitro benzene ring substituents is 1. The number of nitrogens with one attached hydrogen (secondary N) is 1. The van der Waals surface area contributed by atoms with Crippen LogP contribution in [0.25, 0.3) is 0 Å². The molecule has 2 aromatic carbocycles. The second kappa shape index (κ2) is 7.76. The van der Waals surface area contributed by atoms with Crippen LogP contribution in [0.15, 0.2) is 47.4 Å². The predicted molar refractivity (Wildman–Crippen MR) is 111 cm³/mol. The van der Waals surface area contributed by atoms with Crippen molar-refractivity contribution >= 4 is 40.7 Å². The molecule has 2 aliphatic rings. The Morgan fingerprint density at radius 3 is 2.76 bits per heavy atom. The number of anilines is 1. The number of nitro groups is 1. The van der Waals surface area contributed by atoms with Crippen molar-refractivity contribution in [2.24, 2.45) is 5.92 Å². The van der Waals surface area contributed by atoms with E-state index >= 15 is 0 Å². The summed E-state index contributed by atoms with van der Waals surface area (Å²) in [5.41, 5.74) is 1.62. The molecule has 29 heavy (non-hydrogen) atoms. The molecule has 1 saturated carbocycles. The van der Waals surface area contributed by atoms with Gasteiger partial charge in [-0.2, -0.15) is 0 Å². The van der Waals surface area contributed by atoms with Gasteiger partial charge >= 0.3 is 5.97 Å². The van der Waals surface area contributed by atoms with Crippen LogP contribution in [0.2, 0.25) is 0 Å². The Morgan fingerprint density at radius 2 is 2.07 bits per heavy atom. The van der Waals surface area contributed by atoms with E-state index in [9.17, 15) is 20.0 Å². The molecule has 0 aromatic heterocycles. The number of para-hydroxylation sites is 2. The number of carbonyl (C=O) groups is 1. The fourth-order valence-corrected chi connectivity index (χ4v) is 6.34. The van der Waals surface area contributed by atoms with Crippen LogP contribution >= 0.6 is 23.4 Å². The van der Waals surface area contributed by atoms with E-state index < -0.39 is 16.9 Å². The first-order chi connectivity index (χ1) is 13.9. The van der Waals surface area contributed by atoms with Gasteiger partial charge in [-0.15, -0.1) is 23.4 Å². The van der Waals surface area contributed by atoms with Crippen molar-refractivity contribution in [3.05, 3.63) is 58.1 Å². The van der Waals surface area contributed by atoms with Crippen LogP contribution in [0.3, 0.4) is 0 Å². The lowest BCUT2D eigenvalue weighted by Crippen LogP contribution is -2.42. The summed E-state index contributed by atoms with van der Waals surface area (Å²) < 4.78 is 5.41. The van der Waals surface area contributed by atoms with Crippen LogP contribution in [0.1, 0.15) is 17.9 Å². The number of hydrogen-bond acceptors (Lipinski definition) is 6. The smallest absolute Gasteiger partial charge is 0.326 e. The second-order valence-electron chi connectivity index (χ2n) is 7.14. The average molecular weight is 435 g/mol. The number of ether oxygens (including phenoxy) is 1. The van der Waals surface area contributed by atoms with E-state index in [1.807, 2.05) is 12.1 Å². The lowest BCUT2D eigenvalue weighted by Gasteiger charge is -2.36. The molecule has 1 aliphatic carbocycles. The fourth-order valence-electron chi connectivity index (χ4n) is 4.40. The van der Waals surface area contributed by atoms with Crippen LogP contribution in [0.5, 0.6) is 5.75 Å². The Bertz CT molecular complexity index is 972. The first-order valence-electron chi connectivity index (χ1n) is 9.12. The largest absolute Gasteiger partial charge is 0.495 e. The van der Waals surface area contributed by atoms with Gasteiger partial charge in [-0.05, 0) is 30.0 Å². The van der Waals surface area contributed by atoms with Crippen molar-refractivity contribution in [1.29, 1.82) is 0 Å². The molecule has 2 aromatic rings. The first kappa shape index (κ1) is 19.8. The fraction of sp³-hybridized carbons (Fsp3) is 0.350. The molecule has 0 saturated heterocycles. The Balaban J connectivity index is 1.71. The minimum absolute atomic E-state index is 0.0335. The zero-order chi connectivity index (χ0) is 20.7. The summed E-state index contributed by atoms with van der Waals surface area (Å²) in [6.45, 7) is 0. The number of halogens is 1. The molecule has 1 aliphatic heterocycles. The number of fused-ring (bicyclic) bond motifs is 3. The summed E-state index contributed by atoms with van der Waals surface area (Å²) in [7, 11) is 1.54. The van der Waals surface area contributed by atoms with Crippen LogP contribution in [-0.4, -0.2) is 39.8 Å². The normalized spacial score (nSPS) is 27.4. The van der Waals surface area contributed by atoms with Gasteiger partial charge in [-0.1, -0.05) is 24.3 Å². The maximum absolute atomic E-state index is 12.0. The zero-order valence-electron chi connectivity index (χ0n) is 15.4. The minimum Gasteiger partial charge on any atom is -0.495 e. The van der Waals surface area contributed by atoms with Crippen molar-refractivity contribution < 1.29 is 19.6 Å². The summed E-state index contributed by atoms with van der Waals surface area (Å²) >= 11 is 8.23. The van der Waals surface area contributed by atoms with E-state index in [2.05, 4.69) is 5.32 Å². The Hall–Kier alpha value is -2.45. The highest BCUT2D eigenvalue weighted by Crippen LogP contribution is 2.56. The van der Waals surface area contributed by atoms with Gasteiger partial charge in [0.2, 0.25) is 0 Å². The highest BCUT2D eigenvalue weighted by Gasteiger charge is 2.52. The number of carboxylic acids is 1. The number of rotatable bonds is 5. The van der Waals surface area contributed by atoms with Crippen molar-refractivity contribution in [3.8, 4) is 5.75 Å². The summed E-state index contributed by atoms with van der Waals surface area (Å²) in [6.07, 6.45) is 0.538. The van der Waals surface area contributed by atoms with Gasteiger partial charge in [0.1, 0.15) is 11.8 Å². The van der Waals surface area contributed by atoms with Crippen LogP contribution < -0.4 is 10.1 Å². The number of methoxy groups -OCH3 is 1. The summed E-state index contributed by atoms with van der Waals surface area (Å²) in [5, 5.41) is 23.8. The van der Waals surface area contributed by atoms with E-state index in [4.69, 9.17) is 16.3 Å². The topological polar surface area (TPSA) is 102 Å². The Kier molecular flexibility index (Phi) is 5.31. The molecular formula is C20H19ClN2O5S. The van der Waals surface area contributed by atoms with E-state index in [-0.39, 0.29) is 28.2 Å². The number of alkyl halides is 1. The van der Waals surface area contributed by atoms with Gasteiger partial charge < -0.3 is 15.2 Å². The molecule has 5 unspecified atom stereocenters. The molecule has 1 heterocycles. The summed E-state index contributed by atoms with van der Waals surface area (Å²) in [6, 6.07) is 11.3. The number of carboxylic acid groups (broad SMARTS) is 1. The second-order valence-corrected chi connectivity index (χ2v) is 8.92. The van der Waals surface area contributed by atoms with E-state index in [0.717, 1.165) is 5.56 Å². The maximum atomic E-state index is 12.0. The monoisotopic (exact) mass is 434 g/mol. The number of thioether (sulfide) groups is 1. The molecule has 4 rings (SSSR count). The molecule has 1 fully saturated rings. The van der Waals surface area contributed by atoms with Gasteiger partial charge in [0.15, 0.2) is 0 Å². The number of benzene rings is 2. The van der Waals surface area contributed by atoms with Crippen molar-refractivity contribution in [2.75, 3.05) is 12.4 Å². The Labute approximate surface area is 176 Å². The quantitative estimate of drug-likeness (QED) is 0.409. The van der Waals surface area contributed by atoms with E-state index in [1.54, 1.807) is 31.4 Å². The number of aliphatic carboxylic acids is 1. The zero-order valence-corrected chi connectivity index (χ0v) is 17.0. The van der Waals surface area contributed by atoms with Crippen molar-refractivity contribution in [3.63, 3.8) is 0 Å². The molecule has 2 N–H and O–H groups in total. The third kappa shape index (κ3) is 3.40. The summed E-state index contributed by atoms with van der Waals surface area (Å²) in [4.78, 5) is 23.5. The van der Waals surface area contributed by atoms with Crippen LogP contribution in [-0.2, 0) is 4.79 Å². The van der Waals surface area contributed by atoms with E-state index in [1.165, 1.54) is 17.8 Å². The number of nitrogens with zero attached hydrogens (tertiary/aromatic N) is 1. The molecule has 0 spiro atoms. The van der Waals surface area contributed by atoms with Crippen molar-refractivity contribution in [1.82, 2.24) is 0 Å². The van der Waals surface area contributed by atoms with Gasteiger partial charge in [0.05, 0.1) is 28.0 Å². The average Bonchev–Trinajstić information content (AvgIpc) is 3.03. The van der Waals surface area contributed by atoms with Crippen molar-refractivity contribution in [2.45, 2.75) is 33.9 Å². The molecule has 7 nitrogen and oxygen atoms in total. The highest BCUT2D eigenvalue weighted by molar-refractivity contribution is 8.00. The predicted octanol–water partition coefficient (Wildman–Crippen LogP) is 4.35. The maximum Gasteiger partial charge on any atom is 0.326 e. The molecular weight excluding hydrogens is 416 g/mol. The standard InChI is InChI=1S/C20H19ClN2O5S/c1-28-13-7-4-5-10-16-11(19(20(24)25)22-18(10)13)9-15(17(16)21)29-14-8-3-2-6-12(14)23(26)27/h2-8,11,15-17,19,22H,9H2,1H3,(H,24,25). The molecule has 0 radical (unpaired) electrons.